The fourth-order valence-electron chi connectivity index (χ4n) is 3.35. The standard InChI is InChI=1S/C18H26N2/c1-2-3-11-19-12-8-16(9-13-19)15-20-14-10-17-6-4-5-7-18(17)20/h4-7,10,14,16H,2-3,8-9,11-13,15H2,1H3. The third-order valence-electron chi connectivity index (χ3n) is 4.67. The van der Waals surface area contributed by atoms with Crippen LogP contribution in [0.1, 0.15) is 32.6 Å². The predicted octanol–water partition coefficient (Wildman–Crippen LogP) is 4.15. The first-order valence-corrected chi connectivity index (χ1v) is 8.13. The van der Waals surface area contributed by atoms with E-state index in [4.69, 9.17) is 0 Å². The van der Waals surface area contributed by atoms with E-state index in [1.54, 1.807) is 0 Å². The van der Waals surface area contributed by atoms with E-state index in [0.717, 1.165) is 5.92 Å². The Morgan fingerprint density at radius 2 is 1.90 bits per heavy atom. The molecule has 0 atom stereocenters. The summed E-state index contributed by atoms with van der Waals surface area (Å²) in [7, 11) is 0. The summed E-state index contributed by atoms with van der Waals surface area (Å²) < 4.78 is 2.45. The van der Waals surface area contributed by atoms with Crippen molar-refractivity contribution >= 4 is 10.9 Å². The van der Waals surface area contributed by atoms with Gasteiger partial charge in [-0.25, -0.2) is 0 Å². The molecule has 2 nitrogen and oxygen atoms in total. The zero-order chi connectivity index (χ0) is 13.8. The molecule has 2 heterocycles. The van der Waals surface area contributed by atoms with Crippen LogP contribution in [-0.4, -0.2) is 29.1 Å². The summed E-state index contributed by atoms with van der Waals surface area (Å²) in [5.74, 6) is 0.851. The van der Waals surface area contributed by atoms with Crippen LogP contribution in [0.15, 0.2) is 36.5 Å². The number of para-hydroxylation sites is 1. The Morgan fingerprint density at radius 3 is 2.70 bits per heavy atom. The Labute approximate surface area is 122 Å². The van der Waals surface area contributed by atoms with Gasteiger partial charge in [-0.05, 0) is 62.3 Å². The van der Waals surface area contributed by atoms with Gasteiger partial charge < -0.3 is 9.47 Å². The molecule has 1 saturated heterocycles. The highest BCUT2D eigenvalue weighted by Gasteiger charge is 2.19. The molecule has 20 heavy (non-hydrogen) atoms. The first-order chi connectivity index (χ1) is 9.86. The number of hydrogen-bond donors (Lipinski definition) is 0. The first kappa shape index (κ1) is 13.7. The molecular formula is C18H26N2. The summed E-state index contributed by atoms with van der Waals surface area (Å²) in [5.41, 5.74) is 1.39. The zero-order valence-electron chi connectivity index (χ0n) is 12.6. The number of piperidine rings is 1. The molecule has 0 unspecified atom stereocenters. The molecule has 3 rings (SSSR count). The van der Waals surface area contributed by atoms with Gasteiger partial charge in [0.25, 0.3) is 0 Å². The molecule has 0 aliphatic carbocycles. The minimum absolute atomic E-state index is 0.851. The van der Waals surface area contributed by atoms with Crippen LogP contribution in [0.25, 0.3) is 10.9 Å². The quantitative estimate of drug-likeness (QED) is 0.792. The van der Waals surface area contributed by atoms with Gasteiger partial charge in [0.2, 0.25) is 0 Å². The summed E-state index contributed by atoms with van der Waals surface area (Å²) in [6.45, 7) is 7.36. The molecule has 2 heteroatoms. The maximum atomic E-state index is 2.65. The van der Waals surface area contributed by atoms with Crippen LogP contribution in [-0.2, 0) is 6.54 Å². The minimum Gasteiger partial charge on any atom is -0.347 e. The van der Waals surface area contributed by atoms with E-state index in [1.807, 2.05) is 0 Å². The first-order valence-electron chi connectivity index (χ1n) is 8.13. The highest BCUT2D eigenvalue weighted by molar-refractivity contribution is 5.79. The van der Waals surface area contributed by atoms with Gasteiger partial charge in [-0.3, -0.25) is 0 Å². The fourth-order valence-corrected chi connectivity index (χ4v) is 3.35. The second-order valence-electron chi connectivity index (χ2n) is 6.17. The van der Waals surface area contributed by atoms with Crippen molar-refractivity contribution < 1.29 is 0 Å². The van der Waals surface area contributed by atoms with Gasteiger partial charge in [-0.15, -0.1) is 0 Å². The SMILES string of the molecule is CCCCN1CCC(Cn2ccc3ccccc32)CC1. The van der Waals surface area contributed by atoms with Gasteiger partial charge in [0.15, 0.2) is 0 Å². The highest BCUT2D eigenvalue weighted by atomic mass is 15.1. The monoisotopic (exact) mass is 270 g/mol. The van der Waals surface area contributed by atoms with Gasteiger partial charge in [0.05, 0.1) is 0 Å². The average Bonchev–Trinajstić information content (AvgIpc) is 2.90. The summed E-state index contributed by atoms with van der Waals surface area (Å²) in [6.07, 6.45) is 7.64. The summed E-state index contributed by atoms with van der Waals surface area (Å²) in [4.78, 5) is 2.65. The predicted molar refractivity (Wildman–Crippen MR) is 86.0 cm³/mol. The molecule has 0 spiro atoms. The van der Waals surface area contributed by atoms with Gasteiger partial charge in [0, 0.05) is 18.3 Å². The van der Waals surface area contributed by atoms with Crippen molar-refractivity contribution in [3.05, 3.63) is 36.5 Å². The number of fused-ring (bicyclic) bond motifs is 1. The van der Waals surface area contributed by atoms with E-state index in [-0.39, 0.29) is 0 Å². The molecular weight excluding hydrogens is 244 g/mol. The lowest BCUT2D eigenvalue weighted by atomic mass is 9.96. The van der Waals surface area contributed by atoms with Gasteiger partial charge in [-0.2, -0.15) is 0 Å². The van der Waals surface area contributed by atoms with Crippen molar-refractivity contribution in [1.29, 1.82) is 0 Å². The zero-order valence-corrected chi connectivity index (χ0v) is 12.6. The van der Waals surface area contributed by atoms with Crippen molar-refractivity contribution in [2.75, 3.05) is 19.6 Å². The molecule has 0 amide bonds. The summed E-state index contributed by atoms with van der Waals surface area (Å²) in [6, 6.07) is 11.0. The topological polar surface area (TPSA) is 8.17 Å². The molecule has 1 aliphatic rings. The Hall–Kier alpha value is -1.28. The molecule has 1 fully saturated rings. The molecule has 0 N–H and O–H groups in total. The lowest BCUT2D eigenvalue weighted by Crippen LogP contribution is -2.35. The van der Waals surface area contributed by atoms with E-state index in [9.17, 15) is 0 Å². The molecule has 1 aromatic heterocycles. The van der Waals surface area contributed by atoms with Crippen LogP contribution in [0.4, 0.5) is 0 Å². The van der Waals surface area contributed by atoms with E-state index >= 15 is 0 Å². The minimum atomic E-state index is 0.851. The lowest BCUT2D eigenvalue weighted by molar-refractivity contribution is 0.173. The van der Waals surface area contributed by atoms with Crippen LogP contribution in [0.2, 0.25) is 0 Å². The van der Waals surface area contributed by atoms with Crippen LogP contribution in [0, 0.1) is 5.92 Å². The van der Waals surface area contributed by atoms with Gasteiger partial charge in [-0.1, -0.05) is 31.5 Å². The molecule has 0 radical (unpaired) electrons. The van der Waals surface area contributed by atoms with Crippen LogP contribution < -0.4 is 0 Å². The Morgan fingerprint density at radius 1 is 1.10 bits per heavy atom. The second-order valence-corrected chi connectivity index (χ2v) is 6.17. The second kappa shape index (κ2) is 6.45. The largest absolute Gasteiger partial charge is 0.347 e. The number of benzene rings is 1. The molecule has 1 aromatic carbocycles. The summed E-state index contributed by atoms with van der Waals surface area (Å²) >= 11 is 0. The third-order valence-corrected chi connectivity index (χ3v) is 4.67. The molecule has 1 aliphatic heterocycles. The van der Waals surface area contributed by atoms with Crippen LogP contribution in [0.3, 0.4) is 0 Å². The van der Waals surface area contributed by atoms with E-state index < -0.39 is 0 Å². The number of nitrogens with zero attached hydrogens (tertiary/aromatic N) is 2. The van der Waals surface area contributed by atoms with Gasteiger partial charge in [0.1, 0.15) is 0 Å². The molecule has 108 valence electrons. The van der Waals surface area contributed by atoms with E-state index in [1.165, 1.54) is 62.8 Å². The Balaban J connectivity index is 1.57. The average molecular weight is 270 g/mol. The van der Waals surface area contributed by atoms with Crippen molar-refractivity contribution in [3.8, 4) is 0 Å². The number of rotatable bonds is 5. The normalized spacial score (nSPS) is 17.9. The van der Waals surface area contributed by atoms with Crippen molar-refractivity contribution in [1.82, 2.24) is 9.47 Å². The number of hydrogen-bond acceptors (Lipinski definition) is 1. The number of unbranched alkanes of at least 4 members (excludes halogenated alkanes) is 1. The summed E-state index contributed by atoms with van der Waals surface area (Å²) in [5, 5.41) is 1.37. The van der Waals surface area contributed by atoms with E-state index in [0.29, 0.717) is 0 Å². The smallest absolute Gasteiger partial charge is 0.0480 e. The maximum Gasteiger partial charge on any atom is 0.0480 e. The van der Waals surface area contributed by atoms with E-state index in [2.05, 4.69) is 52.9 Å². The van der Waals surface area contributed by atoms with Crippen LogP contribution in [0.5, 0.6) is 0 Å². The van der Waals surface area contributed by atoms with Crippen molar-refractivity contribution in [3.63, 3.8) is 0 Å². The molecule has 0 saturated carbocycles. The fraction of sp³-hybridized carbons (Fsp3) is 0.556. The highest BCUT2D eigenvalue weighted by Crippen LogP contribution is 2.22. The Kier molecular flexibility index (Phi) is 4.41. The maximum absolute atomic E-state index is 2.65. The molecule has 2 aromatic rings. The number of aromatic nitrogens is 1. The van der Waals surface area contributed by atoms with Gasteiger partial charge >= 0.3 is 0 Å². The third kappa shape index (κ3) is 3.06. The van der Waals surface area contributed by atoms with Crippen molar-refractivity contribution in [2.45, 2.75) is 39.2 Å². The molecule has 0 bridgehead atoms. The van der Waals surface area contributed by atoms with Crippen LogP contribution >= 0.6 is 0 Å². The lowest BCUT2D eigenvalue weighted by Gasteiger charge is -2.32. The number of likely N-dealkylation sites (tertiary alicyclic amines) is 1. The van der Waals surface area contributed by atoms with Crippen molar-refractivity contribution in [2.24, 2.45) is 5.92 Å². The Bertz CT molecular complexity index is 535.